The number of phenolic OH excluding ortho intramolecular Hbond substituents is 1. The molecule has 0 aliphatic carbocycles. The molecule has 5 N–H and O–H groups in total. The molecule has 0 saturated heterocycles. The number of amides is 1. The van der Waals surface area contributed by atoms with Crippen LogP contribution in [-0.4, -0.2) is 51.4 Å². The Hall–Kier alpha value is -1.79. The number of phenols is 1. The summed E-state index contributed by atoms with van der Waals surface area (Å²) in [5.74, 6) is -0.219. The predicted octanol–water partition coefficient (Wildman–Crippen LogP) is 0.107. The molecule has 112 valence electrons. The zero-order chi connectivity index (χ0) is 15.3. The minimum Gasteiger partial charge on any atom is -0.508 e. The normalized spacial score (nSPS) is 13.8. The number of rotatable bonds is 6. The molecule has 0 spiro atoms. The van der Waals surface area contributed by atoms with Gasteiger partial charge in [-0.1, -0.05) is 0 Å². The van der Waals surface area contributed by atoms with Gasteiger partial charge in [-0.2, -0.15) is 0 Å². The van der Waals surface area contributed by atoms with Crippen molar-refractivity contribution in [2.45, 2.75) is 32.5 Å². The molecule has 0 aromatic heterocycles. The highest BCUT2D eigenvalue weighted by Gasteiger charge is 2.18. The number of hydrogen-bond acceptors (Lipinski definition) is 5. The number of benzene rings is 1. The van der Waals surface area contributed by atoms with Crippen LogP contribution < -0.4 is 5.73 Å². The topological polar surface area (TPSA) is 107 Å². The van der Waals surface area contributed by atoms with Crippen LogP contribution in [0.25, 0.3) is 0 Å². The number of aliphatic hydroxyl groups is 2. The van der Waals surface area contributed by atoms with Crippen molar-refractivity contribution in [3.8, 4) is 5.75 Å². The first kappa shape index (κ1) is 16.3. The van der Waals surface area contributed by atoms with E-state index in [0.29, 0.717) is 11.3 Å². The molecule has 0 aliphatic rings. The average molecular weight is 282 g/mol. The summed E-state index contributed by atoms with van der Waals surface area (Å²) in [4.78, 5) is 13.6. The number of nitrogen functional groups attached to an aromatic ring is 1. The molecule has 0 saturated carbocycles. The van der Waals surface area contributed by atoms with Crippen molar-refractivity contribution in [1.29, 1.82) is 0 Å². The summed E-state index contributed by atoms with van der Waals surface area (Å²) in [5.41, 5.74) is 6.71. The van der Waals surface area contributed by atoms with Crippen molar-refractivity contribution in [1.82, 2.24) is 4.90 Å². The number of nitrogens with zero attached hydrogens (tertiary/aromatic N) is 1. The van der Waals surface area contributed by atoms with Crippen molar-refractivity contribution in [2.75, 3.05) is 18.8 Å². The minimum absolute atomic E-state index is 0.0136. The number of aromatic hydroxyl groups is 1. The lowest BCUT2D eigenvalue weighted by atomic mass is 10.1. The van der Waals surface area contributed by atoms with Crippen LogP contribution in [0.15, 0.2) is 18.2 Å². The zero-order valence-electron chi connectivity index (χ0n) is 11.8. The summed E-state index contributed by atoms with van der Waals surface area (Å²) in [6.45, 7) is 3.43. The first-order valence-corrected chi connectivity index (χ1v) is 6.51. The smallest absolute Gasteiger partial charge is 0.227 e. The van der Waals surface area contributed by atoms with Crippen molar-refractivity contribution >= 4 is 11.6 Å². The number of hydrogen-bond donors (Lipinski definition) is 4. The Morgan fingerprint density at radius 3 is 2.30 bits per heavy atom. The Labute approximate surface area is 118 Å². The number of nitrogens with two attached hydrogens (primary N) is 1. The molecule has 0 bridgehead atoms. The number of anilines is 1. The number of carbonyl (C=O) groups excluding carboxylic acids is 1. The van der Waals surface area contributed by atoms with Gasteiger partial charge < -0.3 is 26.0 Å². The quantitative estimate of drug-likeness (QED) is 0.437. The third-order valence-electron chi connectivity index (χ3n) is 2.79. The van der Waals surface area contributed by atoms with Gasteiger partial charge in [-0.3, -0.25) is 4.79 Å². The van der Waals surface area contributed by atoms with E-state index in [1.165, 1.54) is 23.1 Å². The van der Waals surface area contributed by atoms with Crippen LogP contribution in [0.1, 0.15) is 19.4 Å². The standard InChI is InChI=1S/C14H22N2O4/c1-9(17)7-16(8-10(2)18)14(20)6-11-5-12(19)3-4-13(11)15/h3-5,9-10,17-19H,6-8,15H2,1-2H3. The average Bonchev–Trinajstić information content (AvgIpc) is 2.31. The van der Waals surface area contributed by atoms with Gasteiger partial charge in [0.25, 0.3) is 0 Å². The molecular formula is C14H22N2O4. The highest BCUT2D eigenvalue weighted by atomic mass is 16.3. The summed E-state index contributed by atoms with van der Waals surface area (Å²) >= 11 is 0. The van der Waals surface area contributed by atoms with Gasteiger partial charge in [-0.15, -0.1) is 0 Å². The zero-order valence-corrected chi connectivity index (χ0v) is 11.8. The summed E-state index contributed by atoms with van der Waals surface area (Å²) in [7, 11) is 0. The van der Waals surface area contributed by atoms with Gasteiger partial charge in [0.15, 0.2) is 0 Å². The fourth-order valence-corrected chi connectivity index (χ4v) is 1.94. The van der Waals surface area contributed by atoms with Gasteiger partial charge >= 0.3 is 0 Å². The SMILES string of the molecule is CC(O)CN(CC(C)O)C(=O)Cc1cc(O)ccc1N. The fourth-order valence-electron chi connectivity index (χ4n) is 1.94. The molecular weight excluding hydrogens is 260 g/mol. The number of carbonyl (C=O) groups is 1. The van der Waals surface area contributed by atoms with E-state index in [9.17, 15) is 20.1 Å². The number of aliphatic hydroxyl groups excluding tert-OH is 2. The van der Waals surface area contributed by atoms with Gasteiger partial charge in [0.1, 0.15) is 5.75 Å². The third kappa shape index (κ3) is 5.07. The van der Waals surface area contributed by atoms with Crippen LogP contribution in [0.2, 0.25) is 0 Å². The molecule has 0 fully saturated rings. The largest absolute Gasteiger partial charge is 0.508 e. The molecule has 0 aliphatic heterocycles. The summed E-state index contributed by atoms with van der Waals surface area (Å²) < 4.78 is 0. The van der Waals surface area contributed by atoms with Crippen molar-refractivity contribution in [3.05, 3.63) is 23.8 Å². The molecule has 6 heteroatoms. The molecule has 2 atom stereocenters. The monoisotopic (exact) mass is 282 g/mol. The highest BCUT2D eigenvalue weighted by molar-refractivity contribution is 5.80. The molecule has 1 aromatic carbocycles. The van der Waals surface area contributed by atoms with Gasteiger partial charge in [0.2, 0.25) is 5.91 Å². The Bertz CT molecular complexity index is 450. The van der Waals surface area contributed by atoms with Crippen molar-refractivity contribution in [2.24, 2.45) is 0 Å². The maximum Gasteiger partial charge on any atom is 0.227 e. The van der Waals surface area contributed by atoms with Crippen LogP contribution >= 0.6 is 0 Å². The lowest BCUT2D eigenvalue weighted by molar-refractivity contribution is -0.133. The summed E-state index contributed by atoms with van der Waals surface area (Å²) in [6.07, 6.45) is -1.35. The van der Waals surface area contributed by atoms with Gasteiger partial charge in [-0.05, 0) is 37.6 Å². The van der Waals surface area contributed by atoms with E-state index in [4.69, 9.17) is 5.73 Å². The molecule has 20 heavy (non-hydrogen) atoms. The van der Waals surface area contributed by atoms with E-state index in [1.54, 1.807) is 13.8 Å². The van der Waals surface area contributed by atoms with Crippen LogP contribution in [0.3, 0.4) is 0 Å². The molecule has 6 nitrogen and oxygen atoms in total. The Morgan fingerprint density at radius 2 is 1.80 bits per heavy atom. The molecule has 1 rings (SSSR count). The summed E-state index contributed by atoms with van der Waals surface area (Å²) in [5, 5.41) is 28.2. The van der Waals surface area contributed by atoms with Crippen molar-refractivity contribution < 1.29 is 20.1 Å². The first-order valence-electron chi connectivity index (χ1n) is 6.51. The van der Waals surface area contributed by atoms with E-state index in [2.05, 4.69) is 0 Å². The van der Waals surface area contributed by atoms with Crippen LogP contribution in [0, 0.1) is 0 Å². The van der Waals surface area contributed by atoms with Gasteiger partial charge in [0, 0.05) is 18.8 Å². The van der Waals surface area contributed by atoms with Crippen LogP contribution in [0.4, 0.5) is 5.69 Å². The first-order chi connectivity index (χ1) is 9.29. The predicted molar refractivity (Wildman–Crippen MR) is 76.2 cm³/mol. The molecule has 1 amide bonds. The Balaban J connectivity index is 2.81. The minimum atomic E-state index is -0.681. The van der Waals surface area contributed by atoms with Crippen LogP contribution in [-0.2, 0) is 11.2 Å². The fraction of sp³-hybridized carbons (Fsp3) is 0.500. The molecule has 1 aromatic rings. The van der Waals surface area contributed by atoms with E-state index in [-0.39, 0.29) is 31.2 Å². The summed E-state index contributed by atoms with van der Waals surface area (Å²) in [6, 6.07) is 4.43. The van der Waals surface area contributed by atoms with E-state index in [1.807, 2.05) is 0 Å². The van der Waals surface area contributed by atoms with Crippen LogP contribution in [0.5, 0.6) is 5.75 Å². The lowest BCUT2D eigenvalue weighted by Gasteiger charge is -2.25. The van der Waals surface area contributed by atoms with Crippen molar-refractivity contribution in [3.63, 3.8) is 0 Å². The molecule has 0 heterocycles. The third-order valence-corrected chi connectivity index (χ3v) is 2.79. The van der Waals surface area contributed by atoms with E-state index >= 15 is 0 Å². The molecule has 0 radical (unpaired) electrons. The lowest BCUT2D eigenvalue weighted by Crippen LogP contribution is -2.41. The maximum absolute atomic E-state index is 12.2. The second-order valence-corrected chi connectivity index (χ2v) is 5.06. The van der Waals surface area contributed by atoms with Gasteiger partial charge in [0.05, 0.1) is 18.6 Å². The van der Waals surface area contributed by atoms with E-state index in [0.717, 1.165) is 0 Å². The second-order valence-electron chi connectivity index (χ2n) is 5.06. The second kappa shape index (κ2) is 7.12. The molecule has 2 unspecified atom stereocenters. The van der Waals surface area contributed by atoms with E-state index < -0.39 is 12.2 Å². The Kier molecular flexibility index (Phi) is 5.79. The van der Waals surface area contributed by atoms with Gasteiger partial charge in [-0.25, -0.2) is 0 Å². The highest BCUT2D eigenvalue weighted by Crippen LogP contribution is 2.19. The maximum atomic E-state index is 12.2. The Morgan fingerprint density at radius 1 is 1.25 bits per heavy atom.